The Morgan fingerprint density at radius 3 is 2.64 bits per heavy atom. The molecule has 3 aromatic rings. The van der Waals surface area contributed by atoms with Gasteiger partial charge in [0.25, 0.3) is 5.91 Å². The van der Waals surface area contributed by atoms with Crippen LogP contribution in [0.25, 0.3) is 11.3 Å². The molecule has 0 spiro atoms. The van der Waals surface area contributed by atoms with Crippen LogP contribution in [0.1, 0.15) is 21.7 Å². The largest absolute Gasteiger partial charge is 0.360 e. The second-order valence-corrected chi connectivity index (χ2v) is 6.32. The molecule has 1 N–H and O–H groups in total. The summed E-state index contributed by atoms with van der Waals surface area (Å²) >= 11 is 12.0. The van der Waals surface area contributed by atoms with Gasteiger partial charge in [0.15, 0.2) is 0 Å². The normalized spacial score (nSPS) is 10.8. The molecule has 2 aromatic carbocycles. The summed E-state index contributed by atoms with van der Waals surface area (Å²) < 4.78 is 19.3. The van der Waals surface area contributed by atoms with Gasteiger partial charge in [-0.1, -0.05) is 34.4 Å². The van der Waals surface area contributed by atoms with Gasteiger partial charge in [-0.2, -0.15) is 0 Å². The van der Waals surface area contributed by atoms with E-state index >= 15 is 0 Å². The minimum atomic E-state index is -0.586. The number of carbonyl (C=O) groups is 1. The van der Waals surface area contributed by atoms with Crippen molar-refractivity contribution in [3.63, 3.8) is 0 Å². The smallest absolute Gasteiger partial charge is 0.261 e. The second kappa shape index (κ2) is 6.86. The van der Waals surface area contributed by atoms with Crippen LogP contribution in [0, 0.1) is 19.7 Å². The van der Waals surface area contributed by atoms with Crippen LogP contribution in [-0.4, -0.2) is 11.1 Å². The summed E-state index contributed by atoms with van der Waals surface area (Å²) in [7, 11) is 0. The van der Waals surface area contributed by atoms with Crippen molar-refractivity contribution in [2.75, 3.05) is 5.32 Å². The van der Waals surface area contributed by atoms with Crippen LogP contribution in [0.5, 0.6) is 0 Å². The fourth-order valence-corrected chi connectivity index (χ4v) is 2.97. The highest BCUT2D eigenvalue weighted by atomic mass is 35.5. The lowest BCUT2D eigenvalue weighted by atomic mass is 10.0. The zero-order chi connectivity index (χ0) is 18.1. The molecule has 0 bridgehead atoms. The number of benzene rings is 2. The average Bonchev–Trinajstić information content (AvgIpc) is 2.91. The molecule has 7 heteroatoms. The minimum Gasteiger partial charge on any atom is -0.360 e. The quantitative estimate of drug-likeness (QED) is 0.639. The summed E-state index contributed by atoms with van der Waals surface area (Å²) in [4.78, 5) is 12.7. The van der Waals surface area contributed by atoms with Crippen LogP contribution in [0.2, 0.25) is 10.0 Å². The number of nitrogens with zero attached hydrogens (tertiary/aromatic N) is 1. The topological polar surface area (TPSA) is 55.1 Å². The predicted octanol–water partition coefficient (Wildman–Crippen LogP) is 5.66. The van der Waals surface area contributed by atoms with Crippen LogP contribution < -0.4 is 5.32 Å². The van der Waals surface area contributed by atoms with E-state index in [1.54, 1.807) is 25.1 Å². The first-order valence-corrected chi connectivity index (χ1v) is 8.12. The number of carbonyl (C=O) groups excluding carboxylic acids is 1. The molecule has 4 nitrogen and oxygen atoms in total. The third kappa shape index (κ3) is 3.38. The Morgan fingerprint density at radius 1 is 1.20 bits per heavy atom. The van der Waals surface area contributed by atoms with E-state index in [9.17, 15) is 9.18 Å². The minimum absolute atomic E-state index is 0.0268. The van der Waals surface area contributed by atoms with Crippen molar-refractivity contribution in [3.8, 4) is 11.3 Å². The van der Waals surface area contributed by atoms with E-state index in [1.165, 1.54) is 18.2 Å². The molecule has 0 saturated carbocycles. The van der Waals surface area contributed by atoms with Gasteiger partial charge in [-0.15, -0.1) is 0 Å². The van der Waals surface area contributed by atoms with Gasteiger partial charge in [0.2, 0.25) is 0 Å². The lowest BCUT2D eigenvalue weighted by Crippen LogP contribution is -2.14. The van der Waals surface area contributed by atoms with Gasteiger partial charge >= 0.3 is 0 Å². The number of hydrogen-bond donors (Lipinski definition) is 1. The van der Waals surface area contributed by atoms with E-state index in [0.717, 1.165) is 5.56 Å². The number of nitrogens with one attached hydrogen (secondary N) is 1. The SMILES string of the molecule is Cc1cc(Cl)ccc1NC(=O)c1c(-c2c(F)cccc2Cl)noc1C. The number of amides is 1. The van der Waals surface area contributed by atoms with Crippen LogP contribution >= 0.6 is 23.2 Å². The third-order valence-corrected chi connectivity index (χ3v) is 4.28. The number of hydrogen-bond acceptors (Lipinski definition) is 3. The zero-order valence-corrected chi connectivity index (χ0v) is 14.9. The van der Waals surface area contributed by atoms with Gasteiger partial charge in [0, 0.05) is 10.7 Å². The zero-order valence-electron chi connectivity index (χ0n) is 13.4. The van der Waals surface area contributed by atoms with Gasteiger partial charge in [0.05, 0.1) is 10.6 Å². The Kier molecular flexibility index (Phi) is 4.79. The van der Waals surface area contributed by atoms with E-state index in [0.29, 0.717) is 10.7 Å². The Balaban J connectivity index is 2.03. The lowest BCUT2D eigenvalue weighted by molar-refractivity contribution is 0.102. The maximum Gasteiger partial charge on any atom is 0.261 e. The van der Waals surface area contributed by atoms with Gasteiger partial charge < -0.3 is 9.84 Å². The number of halogens is 3. The van der Waals surface area contributed by atoms with Crippen molar-refractivity contribution in [2.24, 2.45) is 0 Å². The Bertz CT molecular complexity index is 949. The molecule has 0 atom stereocenters. The summed E-state index contributed by atoms with van der Waals surface area (Å²) in [5.41, 5.74) is 1.59. The summed E-state index contributed by atoms with van der Waals surface area (Å²) in [5, 5.41) is 7.30. The molecule has 25 heavy (non-hydrogen) atoms. The van der Waals surface area contributed by atoms with E-state index in [-0.39, 0.29) is 27.6 Å². The van der Waals surface area contributed by atoms with Crippen LogP contribution in [-0.2, 0) is 0 Å². The highest BCUT2D eigenvalue weighted by Crippen LogP contribution is 2.34. The van der Waals surface area contributed by atoms with Crippen molar-refractivity contribution in [3.05, 3.63) is 69.1 Å². The molecule has 0 unspecified atom stereocenters. The van der Waals surface area contributed by atoms with Gasteiger partial charge in [-0.3, -0.25) is 4.79 Å². The molecule has 0 aliphatic rings. The first-order chi connectivity index (χ1) is 11.9. The number of aromatic nitrogens is 1. The van der Waals surface area contributed by atoms with Gasteiger partial charge in [-0.25, -0.2) is 4.39 Å². The van der Waals surface area contributed by atoms with Crippen LogP contribution in [0.4, 0.5) is 10.1 Å². The number of aryl methyl sites for hydroxylation is 2. The average molecular weight is 379 g/mol. The fraction of sp³-hybridized carbons (Fsp3) is 0.111. The summed E-state index contributed by atoms with van der Waals surface area (Å²) in [6.45, 7) is 3.39. The first-order valence-electron chi connectivity index (χ1n) is 7.36. The van der Waals surface area contributed by atoms with Crippen molar-refractivity contribution in [1.82, 2.24) is 5.16 Å². The van der Waals surface area contributed by atoms with E-state index in [1.807, 2.05) is 6.92 Å². The Morgan fingerprint density at radius 2 is 1.96 bits per heavy atom. The maximum absolute atomic E-state index is 14.2. The van der Waals surface area contributed by atoms with Gasteiger partial charge in [-0.05, 0) is 49.7 Å². The van der Waals surface area contributed by atoms with Crippen LogP contribution in [0.15, 0.2) is 40.9 Å². The standard InChI is InChI=1S/C18H13Cl2FN2O2/c1-9-8-11(19)6-7-14(9)22-18(24)15-10(2)25-23-17(15)16-12(20)4-3-5-13(16)21/h3-8H,1-2H3,(H,22,24). The molecule has 3 rings (SSSR count). The van der Waals surface area contributed by atoms with Crippen molar-refractivity contribution >= 4 is 34.8 Å². The molecule has 0 radical (unpaired) electrons. The Hall–Kier alpha value is -2.37. The molecular weight excluding hydrogens is 366 g/mol. The monoisotopic (exact) mass is 378 g/mol. The molecule has 128 valence electrons. The molecular formula is C18H13Cl2FN2O2. The van der Waals surface area contributed by atoms with E-state index in [4.69, 9.17) is 27.7 Å². The number of rotatable bonds is 3. The highest BCUT2D eigenvalue weighted by Gasteiger charge is 2.25. The maximum atomic E-state index is 14.2. The van der Waals surface area contributed by atoms with Crippen molar-refractivity contribution < 1.29 is 13.7 Å². The summed E-state index contributed by atoms with van der Waals surface area (Å²) in [6.07, 6.45) is 0. The molecule has 1 aromatic heterocycles. The van der Waals surface area contributed by atoms with Crippen LogP contribution in [0.3, 0.4) is 0 Å². The molecule has 1 amide bonds. The van der Waals surface area contributed by atoms with E-state index < -0.39 is 11.7 Å². The summed E-state index contributed by atoms with van der Waals surface area (Å²) in [6, 6.07) is 9.33. The van der Waals surface area contributed by atoms with Crippen molar-refractivity contribution in [2.45, 2.75) is 13.8 Å². The predicted molar refractivity (Wildman–Crippen MR) is 95.8 cm³/mol. The van der Waals surface area contributed by atoms with Crippen molar-refractivity contribution in [1.29, 1.82) is 0 Å². The third-order valence-electron chi connectivity index (χ3n) is 3.73. The highest BCUT2D eigenvalue weighted by molar-refractivity contribution is 6.33. The van der Waals surface area contributed by atoms with Gasteiger partial charge in [0.1, 0.15) is 22.8 Å². The first kappa shape index (κ1) is 17.5. The molecule has 0 aliphatic carbocycles. The number of anilines is 1. The summed E-state index contributed by atoms with van der Waals surface area (Å²) in [5.74, 6) is -0.797. The molecule has 0 aliphatic heterocycles. The molecule has 1 heterocycles. The van der Waals surface area contributed by atoms with E-state index in [2.05, 4.69) is 10.5 Å². The second-order valence-electron chi connectivity index (χ2n) is 5.47. The fourth-order valence-electron chi connectivity index (χ4n) is 2.49. The lowest BCUT2D eigenvalue weighted by Gasteiger charge is -2.10. The molecule has 0 saturated heterocycles. The molecule has 0 fully saturated rings. The Labute approximate surface area is 153 Å².